The number of carboxylic acids is 2. The van der Waals surface area contributed by atoms with Gasteiger partial charge in [0.05, 0.1) is 4.47 Å². The predicted molar refractivity (Wildman–Crippen MR) is 136 cm³/mol. The zero-order valence-electron chi connectivity index (χ0n) is 18.7. The lowest BCUT2D eigenvalue weighted by Crippen LogP contribution is -2.43. The Morgan fingerprint density at radius 1 is 1.11 bits per heavy atom. The summed E-state index contributed by atoms with van der Waals surface area (Å²) in [6.07, 6.45) is -0.0688. The molecular formula is C20H27BrN4O8S2. The van der Waals surface area contributed by atoms with Crippen molar-refractivity contribution < 1.29 is 39.7 Å². The Labute approximate surface area is 217 Å². The van der Waals surface area contributed by atoms with Crippen molar-refractivity contribution >= 4 is 67.0 Å². The Bertz CT molecular complexity index is 934. The van der Waals surface area contributed by atoms with E-state index in [1.54, 1.807) is 12.1 Å². The van der Waals surface area contributed by atoms with Crippen LogP contribution in [0, 0.1) is 0 Å². The maximum Gasteiger partial charge on any atom is 0.327 e. The minimum atomic E-state index is -1.21. The molecule has 12 nitrogen and oxygen atoms in total. The second kappa shape index (κ2) is 16.2. The summed E-state index contributed by atoms with van der Waals surface area (Å²) in [4.78, 5) is 46.5. The molecule has 0 radical (unpaired) electrons. The highest BCUT2D eigenvalue weighted by Crippen LogP contribution is 2.24. The van der Waals surface area contributed by atoms with Crippen molar-refractivity contribution in [1.29, 1.82) is 0 Å². The minimum absolute atomic E-state index is 0.0226. The minimum Gasteiger partial charge on any atom is -0.507 e. The van der Waals surface area contributed by atoms with Gasteiger partial charge >= 0.3 is 11.9 Å². The first kappa shape index (κ1) is 30.5. The zero-order chi connectivity index (χ0) is 26.4. The molecule has 0 saturated carbocycles. The molecule has 1 aromatic carbocycles. The van der Waals surface area contributed by atoms with Gasteiger partial charge in [0.2, 0.25) is 5.91 Å². The van der Waals surface area contributed by atoms with Gasteiger partial charge in [-0.15, -0.1) is 0 Å². The van der Waals surface area contributed by atoms with Gasteiger partial charge in [-0.2, -0.15) is 0 Å². The molecule has 0 unspecified atom stereocenters. The van der Waals surface area contributed by atoms with E-state index in [0.29, 0.717) is 15.8 Å². The molecule has 194 valence electrons. The van der Waals surface area contributed by atoms with E-state index >= 15 is 0 Å². The number of oxime groups is 1. The van der Waals surface area contributed by atoms with Crippen molar-refractivity contribution in [2.75, 3.05) is 25.1 Å². The number of nitrogens with zero attached hydrogens (tertiary/aromatic N) is 1. The number of nitrogens with one attached hydrogen (secondary N) is 3. The Kier molecular flexibility index (Phi) is 14.2. The molecule has 0 aliphatic heterocycles. The SMILES string of the molecule is CN[C@@H](CCC(=O)N[C@@H](CSSCCNC(=O)C(Cc1ccc(O)c(Br)c1)=NO)C(=O)O)C(=O)O. The second-order valence-electron chi connectivity index (χ2n) is 7.05. The summed E-state index contributed by atoms with van der Waals surface area (Å²) < 4.78 is 0.444. The van der Waals surface area contributed by atoms with Crippen LogP contribution in [-0.4, -0.2) is 87.2 Å². The number of phenolic OH excluding ortho intramolecular Hbond substituents is 1. The van der Waals surface area contributed by atoms with Crippen LogP contribution >= 0.6 is 37.5 Å². The van der Waals surface area contributed by atoms with Crippen LogP contribution in [0.25, 0.3) is 0 Å². The molecule has 0 aliphatic rings. The molecule has 0 heterocycles. The Hall–Kier alpha value is -2.49. The van der Waals surface area contributed by atoms with Crippen LogP contribution < -0.4 is 16.0 Å². The van der Waals surface area contributed by atoms with Crippen molar-refractivity contribution in [1.82, 2.24) is 16.0 Å². The average molecular weight is 595 g/mol. The first-order valence-electron chi connectivity index (χ1n) is 10.2. The molecule has 7 N–H and O–H groups in total. The third-order valence-electron chi connectivity index (χ3n) is 4.50. The molecule has 0 aromatic heterocycles. The number of carbonyl (C=O) groups is 4. The molecule has 2 atom stereocenters. The molecule has 0 spiro atoms. The lowest BCUT2D eigenvalue weighted by atomic mass is 10.1. The smallest absolute Gasteiger partial charge is 0.327 e. The van der Waals surface area contributed by atoms with E-state index < -0.39 is 35.8 Å². The maximum atomic E-state index is 12.2. The number of rotatable bonds is 16. The summed E-state index contributed by atoms with van der Waals surface area (Å²) in [5.74, 6) is -2.92. The van der Waals surface area contributed by atoms with Gasteiger partial charge in [-0.3, -0.25) is 14.4 Å². The summed E-state index contributed by atoms with van der Waals surface area (Å²) in [6.45, 7) is 0.222. The highest BCUT2D eigenvalue weighted by Gasteiger charge is 2.22. The van der Waals surface area contributed by atoms with Gasteiger partial charge < -0.3 is 36.5 Å². The van der Waals surface area contributed by atoms with E-state index in [1.165, 1.54) is 34.7 Å². The fraction of sp³-hybridized carbons (Fsp3) is 0.450. The highest BCUT2D eigenvalue weighted by atomic mass is 79.9. The molecule has 15 heteroatoms. The zero-order valence-corrected chi connectivity index (χ0v) is 21.9. The highest BCUT2D eigenvalue weighted by molar-refractivity contribution is 9.10. The van der Waals surface area contributed by atoms with E-state index in [2.05, 4.69) is 37.0 Å². The van der Waals surface area contributed by atoms with Crippen LogP contribution in [0.5, 0.6) is 5.75 Å². The molecular weight excluding hydrogens is 568 g/mol. The summed E-state index contributed by atoms with van der Waals surface area (Å²) in [5.41, 5.74) is 0.533. The number of hydrogen-bond acceptors (Lipinski definition) is 10. The topological polar surface area (TPSA) is 198 Å². The predicted octanol–water partition coefficient (Wildman–Crippen LogP) is 1.05. The van der Waals surface area contributed by atoms with Gasteiger partial charge in [-0.1, -0.05) is 32.8 Å². The van der Waals surface area contributed by atoms with Crippen molar-refractivity contribution in [3.05, 3.63) is 28.2 Å². The summed E-state index contributed by atoms with van der Waals surface area (Å²) in [6, 6.07) is 2.59. The molecule has 2 amide bonds. The summed E-state index contributed by atoms with van der Waals surface area (Å²) in [7, 11) is 3.93. The number of benzene rings is 1. The Morgan fingerprint density at radius 3 is 2.37 bits per heavy atom. The Morgan fingerprint density at radius 2 is 1.80 bits per heavy atom. The van der Waals surface area contributed by atoms with E-state index in [1.807, 2.05) is 0 Å². The van der Waals surface area contributed by atoms with Crippen LogP contribution in [0.1, 0.15) is 18.4 Å². The summed E-state index contributed by atoms with van der Waals surface area (Å²) >= 11 is 3.17. The quantitative estimate of drug-likeness (QED) is 0.0474. The van der Waals surface area contributed by atoms with Crippen LogP contribution in [0.3, 0.4) is 0 Å². The van der Waals surface area contributed by atoms with E-state index in [-0.39, 0.29) is 43.0 Å². The third-order valence-corrected chi connectivity index (χ3v) is 7.55. The number of aliphatic carboxylic acids is 2. The third kappa shape index (κ3) is 11.7. The van der Waals surface area contributed by atoms with E-state index in [0.717, 1.165) is 0 Å². The van der Waals surface area contributed by atoms with Crippen molar-refractivity contribution in [3.63, 3.8) is 0 Å². The van der Waals surface area contributed by atoms with Gasteiger partial charge in [0, 0.05) is 30.9 Å². The van der Waals surface area contributed by atoms with E-state index in [9.17, 15) is 29.4 Å². The fourth-order valence-electron chi connectivity index (χ4n) is 2.61. The van der Waals surface area contributed by atoms with Crippen LogP contribution in [-0.2, 0) is 25.6 Å². The molecule has 0 aliphatic carbocycles. The van der Waals surface area contributed by atoms with Gasteiger partial charge in [0.15, 0.2) is 0 Å². The molecule has 0 fully saturated rings. The van der Waals surface area contributed by atoms with Crippen molar-refractivity contribution in [2.45, 2.75) is 31.3 Å². The molecule has 0 saturated heterocycles. The number of carboxylic acid groups (broad SMARTS) is 2. The maximum absolute atomic E-state index is 12.2. The van der Waals surface area contributed by atoms with Gasteiger partial charge in [0.1, 0.15) is 23.5 Å². The standard InChI is InChI=1S/C20H27BrN4O8S2/c1-22-13(19(29)30)3-5-17(27)24-15(20(31)32)10-35-34-7-6-23-18(28)14(25-33)9-11-2-4-16(26)12(21)8-11/h2,4,8,13,15,22,26,33H,3,5-7,9-10H2,1H3,(H,23,28)(H,24,27)(H,29,30)(H,31,32)/t13-,15-/m0/s1. The number of phenols is 1. The van der Waals surface area contributed by atoms with Crippen LogP contribution in [0.15, 0.2) is 27.8 Å². The molecule has 1 rings (SSSR count). The van der Waals surface area contributed by atoms with Gasteiger partial charge in [-0.25, -0.2) is 4.79 Å². The number of hydrogen-bond donors (Lipinski definition) is 7. The largest absolute Gasteiger partial charge is 0.507 e. The lowest BCUT2D eigenvalue weighted by molar-refractivity contribution is -0.142. The molecule has 1 aromatic rings. The first-order valence-corrected chi connectivity index (χ1v) is 13.5. The number of halogens is 1. The first-order chi connectivity index (χ1) is 16.6. The monoisotopic (exact) mass is 594 g/mol. The number of aromatic hydroxyl groups is 1. The number of carbonyl (C=O) groups excluding carboxylic acids is 2. The summed E-state index contributed by atoms with van der Waals surface area (Å²) in [5, 5.41) is 47.5. The van der Waals surface area contributed by atoms with Crippen LogP contribution in [0.4, 0.5) is 0 Å². The number of amides is 2. The van der Waals surface area contributed by atoms with Crippen molar-refractivity contribution in [3.8, 4) is 5.75 Å². The normalized spacial score (nSPS) is 13.0. The van der Waals surface area contributed by atoms with Gasteiger partial charge in [0.25, 0.3) is 5.91 Å². The number of likely N-dealkylation sites (N-methyl/N-ethyl adjacent to an activating group) is 1. The Balaban J connectivity index is 2.35. The average Bonchev–Trinajstić information content (AvgIpc) is 2.80. The molecule has 35 heavy (non-hydrogen) atoms. The van der Waals surface area contributed by atoms with Crippen molar-refractivity contribution in [2.24, 2.45) is 5.16 Å². The fourth-order valence-corrected chi connectivity index (χ4v) is 5.09. The van der Waals surface area contributed by atoms with E-state index in [4.69, 9.17) is 10.3 Å². The molecule has 0 bridgehead atoms. The lowest BCUT2D eigenvalue weighted by Gasteiger charge is -2.15. The van der Waals surface area contributed by atoms with Crippen LogP contribution in [0.2, 0.25) is 0 Å². The second-order valence-corrected chi connectivity index (χ2v) is 10.5. The van der Waals surface area contributed by atoms with Gasteiger partial charge in [-0.05, 0) is 47.1 Å².